The monoisotopic (exact) mass is 311 g/mol. The number of rotatable bonds is 5. The van der Waals surface area contributed by atoms with E-state index in [0.717, 1.165) is 11.8 Å². The minimum absolute atomic E-state index is 0.0211. The molecule has 1 N–H and O–H groups in total. The molecule has 0 saturated carbocycles. The number of nitrogens with one attached hydrogen (secondary N) is 1. The van der Waals surface area contributed by atoms with E-state index in [-0.39, 0.29) is 11.6 Å². The molecule has 0 radical (unpaired) electrons. The lowest BCUT2D eigenvalue weighted by Gasteiger charge is -2.17. The number of para-hydroxylation sites is 1. The average Bonchev–Trinajstić information content (AvgIpc) is 3.06. The molecular weight excluding hydrogens is 294 g/mol. The molecule has 1 atom stereocenters. The Kier molecular flexibility index (Phi) is 4.23. The van der Waals surface area contributed by atoms with Crippen LogP contribution in [0.25, 0.3) is 11.0 Å². The molecule has 3 aromatic rings. The van der Waals surface area contributed by atoms with E-state index in [0.29, 0.717) is 12.1 Å². The number of fused-ring (bicyclic) bond motifs is 1. The van der Waals surface area contributed by atoms with Crippen molar-refractivity contribution in [2.45, 2.75) is 25.9 Å². The summed E-state index contributed by atoms with van der Waals surface area (Å²) in [7, 11) is 0. The van der Waals surface area contributed by atoms with E-state index in [2.05, 4.69) is 10.3 Å². The van der Waals surface area contributed by atoms with Crippen molar-refractivity contribution in [1.82, 2.24) is 14.9 Å². The highest BCUT2D eigenvalue weighted by Gasteiger charge is 2.17. The van der Waals surface area contributed by atoms with Crippen molar-refractivity contribution >= 4 is 16.9 Å². The number of aromatic nitrogens is 2. The molecule has 0 bridgehead atoms. The van der Waals surface area contributed by atoms with Gasteiger partial charge in [-0.3, -0.25) is 4.79 Å². The first kappa shape index (κ1) is 15.0. The third kappa shape index (κ3) is 3.31. The van der Waals surface area contributed by atoms with Crippen LogP contribution in [0.1, 0.15) is 23.7 Å². The van der Waals surface area contributed by atoms with Crippen LogP contribution in [-0.4, -0.2) is 21.5 Å². The predicted molar refractivity (Wildman–Crippen MR) is 86.3 cm³/mol. The molecule has 2 aromatic heterocycles. The lowest BCUT2D eigenvalue weighted by atomic mass is 10.1. The van der Waals surface area contributed by atoms with Gasteiger partial charge in [0, 0.05) is 30.4 Å². The number of carbonyl (C=O) groups is 1. The van der Waals surface area contributed by atoms with Crippen LogP contribution in [0, 0.1) is 0 Å². The van der Waals surface area contributed by atoms with Crippen molar-refractivity contribution in [3.05, 3.63) is 65.0 Å². The summed E-state index contributed by atoms with van der Waals surface area (Å²) < 4.78 is 7.09. The fourth-order valence-electron chi connectivity index (χ4n) is 2.41. The number of amides is 1. The van der Waals surface area contributed by atoms with Gasteiger partial charge < -0.3 is 14.3 Å². The van der Waals surface area contributed by atoms with Crippen LogP contribution in [0.3, 0.4) is 0 Å². The van der Waals surface area contributed by atoms with Gasteiger partial charge in [0.15, 0.2) is 0 Å². The Morgan fingerprint density at radius 1 is 1.39 bits per heavy atom. The Morgan fingerprint density at radius 3 is 2.96 bits per heavy atom. The molecular formula is C17H17N3O3. The van der Waals surface area contributed by atoms with E-state index in [9.17, 15) is 9.59 Å². The van der Waals surface area contributed by atoms with Crippen LogP contribution in [0.2, 0.25) is 0 Å². The maximum atomic E-state index is 12.4. The van der Waals surface area contributed by atoms with Gasteiger partial charge in [-0.2, -0.15) is 0 Å². The summed E-state index contributed by atoms with van der Waals surface area (Å²) in [5.41, 5.74) is -0.133. The third-order valence-corrected chi connectivity index (χ3v) is 3.70. The zero-order valence-corrected chi connectivity index (χ0v) is 12.7. The predicted octanol–water partition coefficient (Wildman–Crippen LogP) is 2.20. The molecule has 2 heterocycles. The second-order valence-corrected chi connectivity index (χ2v) is 5.32. The SMILES string of the molecule is CC[C@H](Cn1ccnc1)NC(=O)c1cc2ccccc2oc1=O. The molecule has 1 amide bonds. The highest BCUT2D eigenvalue weighted by molar-refractivity contribution is 5.96. The molecule has 0 saturated heterocycles. The van der Waals surface area contributed by atoms with Gasteiger partial charge in [-0.15, -0.1) is 0 Å². The summed E-state index contributed by atoms with van der Waals surface area (Å²) in [6.45, 7) is 2.58. The van der Waals surface area contributed by atoms with E-state index < -0.39 is 11.5 Å². The molecule has 0 aliphatic rings. The average molecular weight is 311 g/mol. The van der Waals surface area contributed by atoms with E-state index in [4.69, 9.17) is 4.42 Å². The van der Waals surface area contributed by atoms with E-state index >= 15 is 0 Å². The lowest BCUT2D eigenvalue weighted by Crippen LogP contribution is -2.39. The molecule has 0 aliphatic heterocycles. The molecule has 0 aliphatic carbocycles. The zero-order chi connectivity index (χ0) is 16.2. The van der Waals surface area contributed by atoms with Gasteiger partial charge in [0.1, 0.15) is 11.1 Å². The van der Waals surface area contributed by atoms with Gasteiger partial charge >= 0.3 is 5.63 Å². The van der Waals surface area contributed by atoms with Gasteiger partial charge in [-0.05, 0) is 18.6 Å². The standard InChI is InChI=1S/C17H17N3O3/c1-2-13(10-20-8-7-18-11-20)19-16(21)14-9-12-5-3-4-6-15(12)23-17(14)22/h3-9,11,13H,2,10H2,1H3,(H,19,21)/t13-/m1/s1. The second-order valence-electron chi connectivity index (χ2n) is 5.32. The van der Waals surface area contributed by atoms with Gasteiger partial charge in [0.05, 0.1) is 6.33 Å². The number of hydrogen-bond acceptors (Lipinski definition) is 4. The summed E-state index contributed by atoms with van der Waals surface area (Å²) >= 11 is 0. The molecule has 6 heteroatoms. The van der Waals surface area contributed by atoms with E-state index in [1.807, 2.05) is 23.8 Å². The smallest absolute Gasteiger partial charge is 0.349 e. The molecule has 3 rings (SSSR count). The van der Waals surface area contributed by atoms with Crippen LogP contribution in [0.5, 0.6) is 0 Å². The lowest BCUT2D eigenvalue weighted by molar-refractivity contribution is 0.0928. The highest BCUT2D eigenvalue weighted by atomic mass is 16.4. The van der Waals surface area contributed by atoms with Crippen molar-refractivity contribution in [3.63, 3.8) is 0 Å². The van der Waals surface area contributed by atoms with Crippen LogP contribution in [-0.2, 0) is 6.54 Å². The Morgan fingerprint density at radius 2 is 2.22 bits per heavy atom. The first-order chi connectivity index (χ1) is 11.2. The minimum atomic E-state index is -0.626. The largest absolute Gasteiger partial charge is 0.422 e. The first-order valence-corrected chi connectivity index (χ1v) is 7.47. The minimum Gasteiger partial charge on any atom is -0.422 e. The number of benzene rings is 1. The molecule has 118 valence electrons. The van der Waals surface area contributed by atoms with Crippen LogP contribution in [0.15, 0.2) is 58.3 Å². The normalized spacial score (nSPS) is 12.2. The summed E-state index contributed by atoms with van der Waals surface area (Å²) in [5, 5.41) is 3.60. The molecule has 23 heavy (non-hydrogen) atoms. The van der Waals surface area contributed by atoms with E-state index in [1.165, 1.54) is 0 Å². The number of carbonyl (C=O) groups excluding carboxylic acids is 1. The fraction of sp³-hybridized carbons (Fsp3) is 0.235. The third-order valence-electron chi connectivity index (χ3n) is 3.70. The molecule has 0 fully saturated rings. The molecule has 6 nitrogen and oxygen atoms in total. The van der Waals surface area contributed by atoms with Crippen molar-refractivity contribution in [1.29, 1.82) is 0 Å². The quantitative estimate of drug-likeness (QED) is 0.733. The highest BCUT2D eigenvalue weighted by Crippen LogP contribution is 2.12. The Hall–Kier alpha value is -2.89. The van der Waals surface area contributed by atoms with Crippen LogP contribution < -0.4 is 10.9 Å². The maximum Gasteiger partial charge on any atom is 0.349 e. The van der Waals surface area contributed by atoms with Crippen molar-refractivity contribution in [3.8, 4) is 0 Å². The number of nitrogens with zero attached hydrogens (tertiary/aromatic N) is 2. The number of imidazole rings is 1. The fourth-order valence-corrected chi connectivity index (χ4v) is 2.41. The van der Waals surface area contributed by atoms with Crippen LogP contribution in [0.4, 0.5) is 0 Å². The Bertz CT molecular complexity index is 868. The number of hydrogen-bond donors (Lipinski definition) is 1. The van der Waals surface area contributed by atoms with Gasteiger partial charge in [0.25, 0.3) is 5.91 Å². The van der Waals surface area contributed by atoms with Gasteiger partial charge in [-0.25, -0.2) is 9.78 Å². The Labute approximate surface area is 132 Å². The van der Waals surface area contributed by atoms with Gasteiger partial charge in [-0.1, -0.05) is 25.1 Å². The topological polar surface area (TPSA) is 77.1 Å². The summed E-state index contributed by atoms with van der Waals surface area (Å²) in [4.78, 5) is 28.4. The summed E-state index contributed by atoms with van der Waals surface area (Å²) in [6, 6.07) is 8.59. The summed E-state index contributed by atoms with van der Waals surface area (Å²) in [6.07, 6.45) is 5.95. The zero-order valence-electron chi connectivity index (χ0n) is 12.7. The Balaban J connectivity index is 1.82. The van der Waals surface area contributed by atoms with Crippen molar-refractivity contribution < 1.29 is 9.21 Å². The second kappa shape index (κ2) is 6.48. The van der Waals surface area contributed by atoms with E-state index in [1.54, 1.807) is 36.8 Å². The van der Waals surface area contributed by atoms with Gasteiger partial charge in [0.2, 0.25) is 0 Å². The maximum absolute atomic E-state index is 12.4. The molecule has 0 unspecified atom stereocenters. The molecule has 0 spiro atoms. The van der Waals surface area contributed by atoms with Crippen molar-refractivity contribution in [2.24, 2.45) is 0 Å². The van der Waals surface area contributed by atoms with Crippen molar-refractivity contribution in [2.75, 3.05) is 0 Å². The first-order valence-electron chi connectivity index (χ1n) is 7.47. The molecule has 1 aromatic carbocycles. The summed E-state index contributed by atoms with van der Waals surface area (Å²) in [5.74, 6) is -0.420. The van der Waals surface area contributed by atoms with Crippen LogP contribution >= 0.6 is 0 Å².